The summed E-state index contributed by atoms with van der Waals surface area (Å²) in [6.07, 6.45) is 0.770. The summed E-state index contributed by atoms with van der Waals surface area (Å²) in [5.74, 6) is 0.844. The molecule has 0 spiro atoms. The Morgan fingerprint density at radius 1 is 0.630 bits per heavy atom. The average Bonchev–Trinajstić information content (AvgIpc) is 3.06. The first-order valence-electron chi connectivity index (χ1n) is 16.0. The average molecular weight is 664 g/mol. The van der Waals surface area contributed by atoms with Crippen LogP contribution in [0.1, 0.15) is 53.1 Å². The summed E-state index contributed by atoms with van der Waals surface area (Å²) >= 11 is 0. The lowest BCUT2D eigenvalue weighted by Gasteiger charge is -2.43. The molecule has 0 aromatic heterocycles. The van der Waals surface area contributed by atoms with E-state index < -0.39 is 32.0 Å². The van der Waals surface area contributed by atoms with E-state index in [1.165, 1.54) is 21.0 Å². The van der Waals surface area contributed by atoms with Crippen LogP contribution in [-0.2, 0) is 11.0 Å². The number of nitrogens with one attached hydrogen (secondary N) is 1. The summed E-state index contributed by atoms with van der Waals surface area (Å²) in [6, 6.07) is 51.2. The molecular weight excluding hydrogens is 618 g/mol. The van der Waals surface area contributed by atoms with Gasteiger partial charge in [0.15, 0.2) is 0 Å². The van der Waals surface area contributed by atoms with E-state index in [0.717, 1.165) is 17.5 Å². The van der Waals surface area contributed by atoms with Crippen LogP contribution in [0.15, 0.2) is 146 Å². The van der Waals surface area contributed by atoms with Gasteiger partial charge in [0.1, 0.15) is 5.75 Å². The molecule has 2 unspecified atom stereocenters. The highest BCUT2D eigenvalue weighted by atomic mass is 32.2. The smallest absolute Gasteiger partial charge is 0.319 e. The molecule has 0 bridgehead atoms. The summed E-state index contributed by atoms with van der Waals surface area (Å²) in [7, 11) is -4.99. The predicted molar refractivity (Wildman–Crippen MR) is 202 cm³/mol. The first kappa shape index (κ1) is 34.0. The van der Waals surface area contributed by atoms with E-state index in [1.54, 1.807) is 0 Å². The van der Waals surface area contributed by atoms with Crippen LogP contribution in [0.5, 0.6) is 5.75 Å². The van der Waals surface area contributed by atoms with Crippen molar-refractivity contribution in [3.63, 3.8) is 0 Å². The number of hydrogen-bond acceptors (Lipinski definition) is 2. The largest absolute Gasteiger partial charge is 0.534 e. The molecule has 238 valence electrons. The first-order chi connectivity index (χ1) is 22.0. The molecule has 0 fully saturated rings. The van der Waals surface area contributed by atoms with Gasteiger partial charge < -0.3 is 4.43 Å². The van der Waals surface area contributed by atoms with Crippen molar-refractivity contribution in [2.24, 2.45) is 0 Å². The molecule has 0 heterocycles. The maximum Gasteiger partial charge on any atom is 0.319 e. The maximum absolute atomic E-state index is 13.9. The van der Waals surface area contributed by atoms with Crippen LogP contribution in [0.2, 0.25) is 5.04 Å². The van der Waals surface area contributed by atoms with Crippen LogP contribution in [0.4, 0.5) is 0 Å². The van der Waals surface area contributed by atoms with Crippen molar-refractivity contribution in [3.8, 4) is 5.75 Å². The fraction of sp³-hybridized carbons (Fsp3) is 0.250. The SMILES string of the molecule is CC(C)(C)S(=O)NC(CP(c1ccccc1)c1ccccc1)c1ccccc1O[Si](c1ccccc1)(c1ccccc1)C(C)(C)C. The van der Waals surface area contributed by atoms with Gasteiger partial charge in [0.25, 0.3) is 0 Å². The van der Waals surface area contributed by atoms with E-state index in [9.17, 15) is 4.21 Å². The second-order valence-electron chi connectivity index (χ2n) is 13.6. The lowest BCUT2D eigenvalue weighted by atomic mass is 10.1. The van der Waals surface area contributed by atoms with Gasteiger partial charge >= 0.3 is 8.32 Å². The molecule has 3 nitrogen and oxygen atoms in total. The van der Waals surface area contributed by atoms with Crippen molar-refractivity contribution in [1.29, 1.82) is 0 Å². The van der Waals surface area contributed by atoms with Crippen molar-refractivity contribution in [2.45, 2.75) is 57.4 Å². The lowest BCUT2D eigenvalue weighted by molar-refractivity contribution is 0.496. The molecule has 1 N–H and O–H groups in total. The fourth-order valence-corrected chi connectivity index (χ4v) is 13.8. The van der Waals surface area contributed by atoms with Gasteiger partial charge in [-0.2, -0.15) is 0 Å². The van der Waals surface area contributed by atoms with Gasteiger partial charge in [0.2, 0.25) is 0 Å². The van der Waals surface area contributed by atoms with Crippen LogP contribution in [0.3, 0.4) is 0 Å². The Bertz CT molecular complexity index is 1630. The van der Waals surface area contributed by atoms with E-state index in [0.29, 0.717) is 0 Å². The minimum atomic E-state index is -2.91. The topological polar surface area (TPSA) is 38.3 Å². The number of para-hydroxylation sites is 1. The highest BCUT2D eigenvalue weighted by molar-refractivity contribution is 7.84. The molecule has 5 aromatic carbocycles. The van der Waals surface area contributed by atoms with Gasteiger partial charge in [-0.25, -0.2) is 8.93 Å². The summed E-state index contributed by atoms with van der Waals surface area (Å²) in [6.45, 7) is 13.0. The molecule has 0 amide bonds. The lowest BCUT2D eigenvalue weighted by Crippen LogP contribution is -2.69. The highest BCUT2D eigenvalue weighted by Crippen LogP contribution is 2.43. The van der Waals surface area contributed by atoms with Crippen LogP contribution in [0, 0.1) is 0 Å². The molecule has 0 saturated heterocycles. The van der Waals surface area contributed by atoms with Crippen molar-refractivity contribution < 1.29 is 8.63 Å². The van der Waals surface area contributed by atoms with Crippen LogP contribution >= 0.6 is 7.92 Å². The third kappa shape index (κ3) is 7.61. The Kier molecular flexibility index (Phi) is 10.8. The van der Waals surface area contributed by atoms with Gasteiger partial charge in [-0.15, -0.1) is 0 Å². The normalized spacial score (nSPS) is 13.7. The van der Waals surface area contributed by atoms with Crippen LogP contribution in [0.25, 0.3) is 0 Å². The van der Waals surface area contributed by atoms with Crippen LogP contribution < -0.4 is 30.1 Å². The zero-order valence-electron chi connectivity index (χ0n) is 27.8. The zero-order valence-corrected chi connectivity index (χ0v) is 30.5. The fourth-order valence-electron chi connectivity index (χ4n) is 5.94. The van der Waals surface area contributed by atoms with Crippen molar-refractivity contribution in [1.82, 2.24) is 4.72 Å². The molecule has 46 heavy (non-hydrogen) atoms. The first-order valence-corrected chi connectivity index (χ1v) is 20.5. The van der Waals surface area contributed by atoms with Gasteiger partial charge in [-0.05, 0) is 66.9 Å². The summed E-state index contributed by atoms with van der Waals surface area (Å²) < 4.78 is 24.7. The van der Waals surface area contributed by atoms with Crippen LogP contribution in [-0.4, -0.2) is 23.4 Å². The molecule has 6 heteroatoms. The van der Waals surface area contributed by atoms with Gasteiger partial charge in [-0.1, -0.05) is 160 Å². The van der Waals surface area contributed by atoms with Crippen molar-refractivity contribution in [3.05, 3.63) is 151 Å². The van der Waals surface area contributed by atoms with Crippen molar-refractivity contribution in [2.75, 3.05) is 6.16 Å². The number of benzene rings is 5. The Morgan fingerprint density at radius 3 is 1.48 bits per heavy atom. The minimum absolute atomic E-state index is 0.194. The maximum atomic E-state index is 13.9. The van der Waals surface area contributed by atoms with E-state index in [2.05, 4.69) is 171 Å². The molecule has 0 aliphatic rings. The van der Waals surface area contributed by atoms with Gasteiger partial charge in [-0.3, -0.25) is 0 Å². The van der Waals surface area contributed by atoms with Gasteiger partial charge in [0.05, 0.1) is 21.8 Å². The standard InChI is InChI=1S/C40H46NO2PSSi/c1-39(2,3)45(42)41-37(31-44(32-21-11-7-12-22-32)33-23-13-8-14-24-33)36-29-19-20-30-38(36)43-46(40(4,5)6,34-25-15-9-16-26-34)35-27-17-10-18-28-35/h7-30,37,41H,31H2,1-6H3. The molecule has 2 atom stereocenters. The van der Waals surface area contributed by atoms with Gasteiger partial charge in [0, 0.05) is 5.56 Å². The predicted octanol–water partition coefficient (Wildman–Crippen LogP) is 7.85. The zero-order chi connectivity index (χ0) is 32.8. The second-order valence-corrected chi connectivity index (χ2v) is 22.1. The highest BCUT2D eigenvalue weighted by Gasteiger charge is 2.52. The van der Waals surface area contributed by atoms with Crippen molar-refractivity contribution >= 4 is 48.2 Å². The van der Waals surface area contributed by atoms with E-state index in [-0.39, 0.29) is 11.1 Å². The molecule has 0 saturated carbocycles. The Hall–Kier alpha value is -3.34. The van der Waals surface area contributed by atoms with E-state index >= 15 is 0 Å². The number of rotatable bonds is 11. The summed E-state index contributed by atoms with van der Waals surface area (Å²) in [5.41, 5.74) is 1.03. The quantitative estimate of drug-likeness (QED) is 0.116. The summed E-state index contributed by atoms with van der Waals surface area (Å²) in [4.78, 5) is 0. The Balaban J connectivity index is 1.68. The molecule has 5 rings (SSSR count). The molecule has 0 radical (unpaired) electrons. The minimum Gasteiger partial charge on any atom is -0.534 e. The molecule has 0 aliphatic heterocycles. The molecular formula is C40H46NO2PSSi. The van der Waals surface area contributed by atoms with E-state index in [1.807, 2.05) is 20.8 Å². The third-order valence-corrected chi connectivity index (χ3v) is 17.4. The Labute approximate surface area is 280 Å². The summed E-state index contributed by atoms with van der Waals surface area (Å²) in [5, 5.41) is 4.84. The molecule has 0 aliphatic carbocycles. The third-order valence-electron chi connectivity index (χ3n) is 8.28. The molecule has 5 aromatic rings. The Morgan fingerprint density at radius 2 is 1.04 bits per heavy atom. The second kappa shape index (κ2) is 14.6. The monoisotopic (exact) mass is 663 g/mol. The van der Waals surface area contributed by atoms with E-state index in [4.69, 9.17) is 4.43 Å². The number of hydrogen-bond donors (Lipinski definition) is 1.